The molecule has 0 aliphatic carbocycles. The van der Waals surface area contributed by atoms with Gasteiger partial charge in [0.2, 0.25) is 5.78 Å². The zero-order valence-electron chi connectivity index (χ0n) is 12.9. The molecule has 0 atom stereocenters. The average molecular weight is 351 g/mol. The Labute approximate surface area is 143 Å². The van der Waals surface area contributed by atoms with Gasteiger partial charge in [0.1, 0.15) is 0 Å². The smallest absolute Gasteiger partial charge is 0.278 e. The number of ketones is 1. The number of carbonyl (C=O) groups excluding carboxylic acids is 1. The molecule has 0 bridgehead atoms. The fourth-order valence-electron chi connectivity index (χ4n) is 2.12. The maximum Gasteiger partial charge on any atom is 0.278 e. The number of allylic oxidation sites excluding steroid dienone is 1. The Morgan fingerprint density at radius 2 is 2.04 bits per heavy atom. The van der Waals surface area contributed by atoms with E-state index >= 15 is 0 Å². The lowest BCUT2D eigenvalue weighted by Gasteiger charge is -2.12. The average Bonchev–Trinajstić information content (AvgIpc) is 2.90. The molecule has 0 saturated carbocycles. The van der Waals surface area contributed by atoms with Crippen molar-refractivity contribution in [3.63, 3.8) is 0 Å². The third-order valence-corrected chi connectivity index (χ3v) is 4.40. The highest BCUT2D eigenvalue weighted by Crippen LogP contribution is 2.33. The lowest BCUT2D eigenvalue weighted by Crippen LogP contribution is -2.10. The fourth-order valence-corrected chi connectivity index (χ4v) is 3.17. The molecule has 0 fully saturated rings. The van der Waals surface area contributed by atoms with E-state index in [2.05, 4.69) is 0 Å². The first-order valence-electron chi connectivity index (χ1n) is 6.72. The van der Waals surface area contributed by atoms with E-state index in [0.717, 1.165) is 5.56 Å². The number of aryl methyl sites for hydroxylation is 1. The molecule has 2 rings (SSSR count). The Morgan fingerprint density at radius 1 is 1.35 bits per heavy atom. The standard InChI is InChI=1S/C16H15ClN2O3S/c1-10-6-7-23-16(10)15(20)13(9-18(2)3)12-5-4-11(17)8-14(12)19(21)22/h4-9H,1-3H3. The highest BCUT2D eigenvalue weighted by molar-refractivity contribution is 7.12. The van der Waals surface area contributed by atoms with Gasteiger partial charge in [0.25, 0.3) is 5.69 Å². The SMILES string of the molecule is Cc1ccsc1C(=O)C(=CN(C)C)c1ccc(Cl)cc1[N+](=O)[O-]. The number of hydrogen-bond acceptors (Lipinski definition) is 5. The second kappa shape index (κ2) is 6.93. The van der Waals surface area contributed by atoms with E-state index in [9.17, 15) is 14.9 Å². The van der Waals surface area contributed by atoms with Crippen molar-refractivity contribution in [1.29, 1.82) is 0 Å². The normalized spacial score (nSPS) is 11.4. The summed E-state index contributed by atoms with van der Waals surface area (Å²) in [6, 6.07) is 6.16. The summed E-state index contributed by atoms with van der Waals surface area (Å²) in [6.07, 6.45) is 1.59. The van der Waals surface area contributed by atoms with Crippen LogP contribution in [-0.4, -0.2) is 29.7 Å². The Bertz CT molecular complexity index is 796. The number of carbonyl (C=O) groups is 1. The van der Waals surface area contributed by atoms with Crippen molar-refractivity contribution in [3.8, 4) is 0 Å². The zero-order valence-corrected chi connectivity index (χ0v) is 14.4. The molecule has 0 N–H and O–H groups in total. The first-order valence-corrected chi connectivity index (χ1v) is 7.98. The summed E-state index contributed by atoms with van der Waals surface area (Å²) < 4.78 is 0. The molecule has 1 aromatic carbocycles. The molecule has 1 aromatic heterocycles. The molecule has 23 heavy (non-hydrogen) atoms. The van der Waals surface area contributed by atoms with Gasteiger partial charge in [-0.3, -0.25) is 14.9 Å². The highest BCUT2D eigenvalue weighted by atomic mass is 35.5. The van der Waals surface area contributed by atoms with E-state index in [1.54, 1.807) is 31.3 Å². The number of nitro benzene ring substituents is 1. The van der Waals surface area contributed by atoms with Crippen molar-refractivity contribution in [2.75, 3.05) is 14.1 Å². The number of halogens is 1. The van der Waals surface area contributed by atoms with Crippen molar-refractivity contribution in [2.45, 2.75) is 6.92 Å². The van der Waals surface area contributed by atoms with Gasteiger partial charge in [-0.25, -0.2) is 0 Å². The van der Waals surface area contributed by atoms with Crippen LogP contribution in [0.4, 0.5) is 5.69 Å². The molecule has 2 aromatic rings. The van der Waals surface area contributed by atoms with Crippen molar-refractivity contribution in [2.24, 2.45) is 0 Å². The molecule has 120 valence electrons. The van der Waals surface area contributed by atoms with Crippen LogP contribution in [0.2, 0.25) is 5.02 Å². The van der Waals surface area contributed by atoms with Gasteiger partial charge in [-0.05, 0) is 36.1 Å². The number of nitro groups is 1. The summed E-state index contributed by atoms with van der Waals surface area (Å²) in [4.78, 5) is 26.0. The maximum absolute atomic E-state index is 12.9. The minimum Gasteiger partial charge on any atom is -0.383 e. The van der Waals surface area contributed by atoms with E-state index in [4.69, 9.17) is 11.6 Å². The number of benzene rings is 1. The fraction of sp³-hybridized carbons (Fsp3) is 0.188. The van der Waals surface area contributed by atoms with Crippen LogP contribution < -0.4 is 0 Å². The summed E-state index contributed by atoms with van der Waals surface area (Å²) in [7, 11) is 3.52. The third kappa shape index (κ3) is 3.78. The molecule has 0 saturated heterocycles. The lowest BCUT2D eigenvalue weighted by atomic mass is 9.98. The zero-order chi connectivity index (χ0) is 17.1. The molecule has 0 radical (unpaired) electrons. The van der Waals surface area contributed by atoms with E-state index in [1.807, 2.05) is 18.4 Å². The van der Waals surface area contributed by atoms with Crippen LogP contribution in [-0.2, 0) is 0 Å². The van der Waals surface area contributed by atoms with Crippen molar-refractivity contribution in [3.05, 3.63) is 67.0 Å². The van der Waals surface area contributed by atoms with Gasteiger partial charge in [0.15, 0.2) is 0 Å². The van der Waals surface area contributed by atoms with Gasteiger partial charge >= 0.3 is 0 Å². The van der Waals surface area contributed by atoms with Crippen LogP contribution in [0.5, 0.6) is 0 Å². The van der Waals surface area contributed by atoms with Crippen LogP contribution in [0.15, 0.2) is 35.8 Å². The van der Waals surface area contributed by atoms with E-state index in [1.165, 1.54) is 23.5 Å². The Hall–Kier alpha value is -2.18. The maximum atomic E-state index is 12.9. The number of rotatable bonds is 5. The van der Waals surface area contributed by atoms with E-state index < -0.39 is 4.92 Å². The Morgan fingerprint density at radius 3 is 2.57 bits per heavy atom. The molecule has 1 heterocycles. The molecule has 0 spiro atoms. The summed E-state index contributed by atoms with van der Waals surface area (Å²) in [5.41, 5.74) is 1.18. The Balaban J connectivity index is 2.64. The minimum atomic E-state index is -0.528. The summed E-state index contributed by atoms with van der Waals surface area (Å²) in [5, 5.41) is 13.4. The monoisotopic (exact) mass is 350 g/mol. The second-order valence-electron chi connectivity index (χ2n) is 5.19. The van der Waals surface area contributed by atoms with Gasteiger partial charge in [-0.2, -0.15) is 0 Å². The molecule has 0 aliphatic rings. The van der Waals surface area contributed by atoms with Gasteiger partial charge in [-0.15, -0.1) is 11.3 Å². The van der Waals surface area contributed by atoms with Crippen molar-refractivity contribution < 1.29 is 9.72 Å². The number of hydrogen-bond donors (Lipinski definition) is 0. The van der Waals surface area contributed by atoms with Crippen LogP contribution >= 0.6 is 22.9 Å². The Kier molecular flexibility index (Phi) is 5.18. The molecule has 0 aliphatic heterocycles. The van der Waals surface area contributed by atoms with Crippen molar-refractivity contribution >= 4 is 40.0 Å². The summed E-state index contributed by atoms with van der Waals surface area (Å²) >= 11 is 7.18. The van der Waals surface area contributed by atoms with Crippen LogP contribution in [0.1, 0.15) is 20.8 Å². The van der Waals surface area contributed by atoms with Gasteiger partial charge < -0.3 is 4.90 Å². The largest absolute Gasteiger partial charge is 0.383 e. The van der Waals surface area contributed by atoms with Gasteiger partial charge in [0, 0.05) is 31.4 Å². The van der Waals surface area contributed by atoms with Crippen LogP contribution in [0.25, 0.3) is 5.57 Å². The van der Waals surface area contributed by atoms with Gasteiger partial charge in [-0.1, -0.05) is 11.6 Å². The second-order valence-corrected chi connectivity index (χ2v) is 6.54. The quantitative estimate of drug-likeness (QED) is 0.347. The van der Waals surface area contributed by atoms with E-state index in [-0.39, 0.29) is 27.6 Å². The van der Waals surface area contributed by atoms with E-state index in [0.29, 0.717) is 4.88 Å². The molecule has 7 heteroatoms. The molecular weight excluding hydrogens is 336 g/mol. The van der Waals surface area contributed by atoms with Crippen LogP contribution in [0.3, 0.4) is 0 Å². The highest BCUT2D eigenvalue weighted by Gasteiger charge is 2.25. The number of nitrogens with zero attached hydrogens (tertiary/aromatic N) is 2. The molecule has 0 amide bonds. The van der Waals surface area contributed by atoms with Crippen molar-refractivity contribution in [1.82, 2.24) is 4.90 Å². The molecule has 0 unspecified atom stereocenters. The predicted octanol–water partition coefficient (Wildman–Crippen LogP) is 4.40. The lowest BCUT2D eigenvalue weighted by molar-refractivity contribution is -0.385. The minimum absolute atomic E-state index is 0.187. The topological polar surface area (TPSA) is 63.5 Å². The first-order chi connectivity index (χ1) is 10.8. The summed E-state index contributed by atoms with van der Waals surface area (Å²) in [5.74, 6) is -0.239. The molecular formula is C16H15ClN2O3S. The number of thiophene rings is 1. The predicted molar refractivity (Wildman–Crippen MR) is 93.2 cm³/mol. The first kappa shape index (κ1) is 17.2. The third-order valence-electron chi connectivity index (χ3n) is 3.15. The number of Topliss-reactive ketones (excluding diaryl/α,β-unsaturated/α-hetero) is 1. The summed E-state index contributed by atoms with van der Waals surface area (Å²) in [6.45, 7) is 1.84. The molecule has 5 nitrogen and oxygen atoms in total. The van der Waals surface area contributed by atoms with Crippen LogP contribution in [0, 0.1) is 17.0 Å². The van der Waals surface area contributed by atoms with Gasteiger partial charge in [0.05, 0.1) is 20.9 Å².